The molecule has 0 aromatic carbocycles. The van der Waals surface area contributed by atoms with E-state index in [1.807, 2.05) is 0 Å². The van der Waals surface area contributed by atoms with E-state index in [1.165, 1.54) is 0 Å². The van der Waals surface area contributed by atoms with Crippen molar-refractivity contribution in [2.45, 2.75) is 0 Å². The van der Waals surface area contributed by atoms with Crippen molar-refractivity contribution < 1.29 is 31.5 Å². The van der Waals surface area contributed by atoms with E-state index >= 15 is 0 Å². The molecule has 9 heteroatoms. The molecule has 0 rings (SSSR count). The van der Waals surface area contributed by atoms with Crippen molar-refractivity contribution in [2.75, 3.05) is 0 Å². The molecule has 0 amide bonds. The number of hydrogen-bond acceptors (Lipinski definition) is 5. The molecule has 0 spiro atoms. The highest BCUT2D eigenvalue weighted by atomic mass is 16.5. The van der Waals surface area contributed by atoms with Gasteiger partial charge >= 0.3 is 7.32 Å². The monoisotopic (exact) mass is 150 g/mol. The molecule has 0 aromatic heterocycles. The third-order valence-electron chi connectivity index (χ3n) is 0. The summed E-state index contributed by atoms with van der Waals surface area (Å²) in [5, 5.41) is 21.5. The maximum absolute atomic E-state index is 7.17. The van der Waals surface area contributed by atoms with Crippen molar-refractivity contribution in [3.63, 3.8) is 0 Å². The van der Waals surface area contributed by atoms with Crippen LogP contribution in [-0.2, 0) is 0 Å². The fraction of sp³-hybridized carbons (Fsp3) is 0. The van der Waals surface area contributed by atoms with Crippen molar-refractivity contribution >= 4 is 7.32 Å². The van der Waals surface area contributed by atoms with Crippen LogP contribution in [-0.4, -0.2) is 38.8 Å². The van der Waals surface area contributed by atoms with E-state index in [4.69, 9.17) is 15.1 Å². The third-order valence-corrected chi connectivity index (χ3v) is 0. The standard InChI is InChI=1S/BH3O3.2H3N.3H2O/c2-1(3)4;;;;;/h2-4H;2*1H3;3*1H2. The summed E-state index contributed by atoms with van der Waals surface area (Å²) in [7, 11) is -2.17. The summed E-state index contributed by atoms with van der Waals surface area (Å²) in [6.45, 7) is 0. The van der Waals surface area contributed by atoms with Gasteiger partial charge in [-0.3, -0.25) is 0 Å². The summed E-state index contributed by atoms with van der Waals surface area (Å²) in [5.74, 6) is 0. The normalized spacial score (nSPS) is 3.00. The highest BCUT2D eigenvalue weighted by Crippen LogP contribution is 1.40. The zero-order valence-electron chi connectivity index (χ0n) is 4.83. The summed E-state index contributed by atoms with van der Waals surface area (Å²) in [4.78, 5) is 0. The van der Waals surface area contributed by atoms with Crippen molar-refractivity contribution in [3.05, 3.63) is 0 Å². The first-order valence-corrected chi connectivity index (χ1v) is 0.775. The highest BCUT2D eigenvalue weighted by molar-refractivity contribution is 6.30. The average molecular weight is 150 g/mol. The van der Waals surface area contributed by atoms with Gasteiger partial charge in [-0.1, -0.05) is 0 Å². The van der Waals surface area contributed by atoms with Crippen molar-refractivity contribution in [1.29, 1.82) is 0 Å². The summed E-state index contributed by atoms with van der Waals surface area (Å²) in [6, 6.07) is 0. The Morgan fingerprint density at radius 1 is 0.667 bits per heavy atom. The number of rotatable bonds is 0. The Morgan fingerprint density at radius 2 is 0.667 bits per heavy atom. The molecule has 0 aliphatic carbocycles. The maximum atomic E-state index is 7.17. The van der Waals surface area contributed by atoms with Crippen LogP contribution in [0.15, 0.2) is 0 Å². The molecule has 0 aliphatic heterocycles. The van der Waals surface area contributed by atoms with E-state index in [0.29, 0.717) is 0 Å². The quantitative estimate of drug-likeness (QED) is 0.215. The predicted molar refractivity (Wildman–Crippen MR) is 33.3 cm³/mol. The second kappa shape index (κ2) is 46.8. The molecular weight excluding hydrogens is 135 g/mol. The summed E-state index contributed by atoms with van der Waals surface area (Å²) < 4.78 is 0. The van der Waals surface area contributed by atoms with Gasteiger partial charge in [0.25, 0.3) is 0 Å². The Balaban J connectivity index is -0.00000000450. The Morgan fingerprint density at radius 3 is 0.667 bits per heavy atom. The largest absolute Gasteiger partial charge is 0.631 e. The molecule has 15 N–H and O–H groups in total. The third kappa shape index (κ3) is 3930. The minimum atomic E-state index is -2.17. The molecule has 64 valence electrons. The molecular formula is H15BN2O6. The molecule has 0 bridgehead atoms. The fourth-order valence-electron chi connectivity index (χ4n) is 0. The Hall–Kier alpha value is -0.255. The molecule has 0 fully saturated rings. The van der Waals surface area contributed by atoms with E-state index in [9.17, 15) is 0 Å². The maximum Gasteiger partial charge on any atom is 0.631 e. The summed E-state index contributed by atoms with van der Waals surface area (Å²) >= 11 is 0. The molecule has 0 saturated carbocycles. The smallest absolute Gasteiger partial charge is 0.412 e. The van der Waals surface area contributed by atoms with Crippen molar-refractivity contribution in [3.8, 4) is 0 Å². The molecule has 9 heavy (non-hydrogen) atoms. The first-order chi connectivity index (χ1) is 1.73. The number of hydrogen-bond donors (Lipinski definition) is 5. The van der Waals surface area contributed by atoms with Crippen LogP contribution in [0, 0.1) is 0 Å². The average Bonchev–Trinajstić information content (AvgIpc) is 0.811. The lowest BCUT2D eigenvalue weighted by molar-refractivity contribution is 0.278. The zero-order valence-corrected chi connectivity index (χ0v) is 4.83. The molecule has 0 aromatic rings. The molecule has 0 unspecified atom stereocenters. The predicted octanol–water partition coefficient (Wildman–Crippen LogP) is -4.20. The zero-order chi connectivity index (χ0) is 3.58. The van der Waals surface area contributed by atoms with E-state index in [-0.39, 0.29) is 28.7 Å². The second-order valence-electron chi connectivity index (χ2n) is 0.346. The lowest BCUT2D eigenvalue weighted by atomic mass is 10.3. The van der Waals surface area contributed by atoms with Gasteiger partial charge in [0.2, 0.25) is 0 Å². The van der Waals surface area contributed by atoms with Gasteiger partial charge in [0, 0.05) is 0 Å². The van der Waals surface area contributed by atoms with Crippen LogP contribution in [0.1, 0.15) is 0 Å². The summed E-state index contributed by atoms with van der Waals surface area (Å²) in [6.07, 6.45) is 0. The van der Waals surface area contributed by atoms with Gasteiger partial charge < -0.3 is 43.8 Å². The Kier molecular flexibility index (Phi) is 362. The van der Waals surface area contributed by atoms with Crippen LogP contribution >= 0.6 is 0 Å². The van der Waals surface area contributed by atoms with Crippen LogP contribution in [0.4, 0.5) is 0 Å². The topological polar surface area (TPSA) is 225 Å². The van der Waals surface area contributed by atoms with Gasteiger partial charge in [-0.15, -0.1) is 0 Å². The van der Waals surface area contributed by atoms with Crippen LogP contribution < -0.4 is 12.3 Å². The Labute approximate surface area is 52.4 Å². The van der Waals surface area contributed by atoms with E-state index in [2.05, 4.69) is 0 Å². The van der Waals surface area contributed by atoms with Gasteiger partial charge in [0.15, 0.2) is 0 Å². The van der Waals surface area contributed by atoms with Gasteiger partial charge in [0.1, 0.15) is 0 Å². The van der Waals surface area contributed by atoms with Gasteiger partial charge in [0.05, 0.1) is 0 Å². The first kappa shape index (κ1) is 69.6. The Bertz CT molecular complexity index is 15.8. The van der Waals surface area contributed by atoms with E-state index < -0.39 is 7.32 Å². The minimum Gasteiger partial charge on any atom is -0.412 e. The lowest BCUT2D eigenvalue weighted by Crippen LogP contribution is -2.07. The SMILES string of the molecule is N.N.O.O.O.OB(O)O. The summed E-state index contributed by atoms with van der Waals surface area (Å²) in [5.41, 5.74) is 0. The molecule has 0 saturated heterocycles. The molecule has 0 heterocycles. The van der Waals surface area contributed by atoms with Crippen LogP contribution in [0.25, 0.3) is 0 Å². The first-order valence-electron chi connectivity index (χ1n) is 0.775. The van der Waals surface area contributed by atoms with Crippen molar-refractivity contribution in [2.24, 2.45) is 0 Å². The van der Waals surface area contributed by atoms with E-state index in [0.717, 1.165) is 0 Å². The second-order valence-corrected chi connectivity index (χ2v) is 0.346. The van der Waals surface area contributed by atoms with Crippen molar-refractivity contribution in [1.82, 2.24) is 12.3 Å². The van der Waals surface area contributed by atoms with Crippen LogP contribution in [0.5, 0.6) is 0 Å². The van der Waals surface area contributed by atoms with Gasteiger partial charge in [-0.05, 0) is 0 Å². The molecule has 0 radical (unpaired) electrons. The van der Waals surface area contributed by atoms with Crippen LogP contribution in [0.3, 0.4) is 0 Å². The fourth-order valence-corrected chi connectivity index (χ4v) is 0. The van der Waals surface area contributed by atoms with Gasteiger partial charge in [-0.25, -0.2) is 0 Å². The molecule has 8 nitrogen and oxygen atoms in total. The highest BCUT2D eigenvalue weighted by Gasteiger charge is 1.92. The molecule has 0 atom stereocenters. The molecule has 0 aliphatic rings. The minimum absolute atomic E-state index is 0. The van der Waals surface area contributed by atoms with Crippen LogP contribution in [0.2, 0.25) is 0 Å². The van der Waals surface area contributed by atoms with E-state index in [1.54, 1.807) is 0 Å². The lowest BCUT2D eigenvalue weighted by Gasteiger charge is -1.69. The van der Waals surface area contributed by atoms with Gasteiger partial charge in [-0.2, -0.15) is 0 Å².